The Bertz CT molecular complexity index is 768. The number of hydrogen-bond acceptors (Lipinski definition) is 3. The zero-order chi connectivity index (χ0) is 18.0. The molecule has 132 valence electrons. The van der Waals surface area contributed by atoms with Crippen molar-refractivity contribution < 1.29 is 9.53 Å². The summed E-state index contributed by atoms with van der Waals surface area (Å²) in [6.07, 6.45) is 0.792. The molecule has 0 aliphatic heterocycles. The lowest BCUT2D eigenvalue weighted by Gasteiger charge is -2.36. The minimum Gasteiger partial charge on any atom is -0.492 e. The lowest BCUT2D eigenvalue weighted by Crippen LogP contribution is -2.33. The van der Waals surface area contributed by atoms with Gasteiger partial charge in [-0.25, -0.2) is 0 Å². The van der Waals surface area contributed by atoms with Gasteiger partial charge in [-0.2, -0.15) is 0 Å². The van der Waals surface area contributed by atoms with Crippen LogP contribution in [0.4, 0.5) is 0 Å². The third-order valence-electron chi connectivity index (χ3n) is 4.87. The fourth-order valence-corrected chi connectivity index (χ4v) is 3.59. The Morgan fingerprint density at radius 2 is 1.92 bits per heavy atom. The van der Waals surface area contributed by atoms with Crippen LogP contribution in [0.15, 0.2) is 42.5 Å². The number of ether oxygens (including phenoxy) is 1. The van der Waals surface area contributed by atoms with Crippen molar-refractivity contribution in [1.82, 2.24) is 5.32 Å². The Hall–Kier alpha value is -1.84. The first-order valence-corrected chi connectivity index (χ1v) is 9.02. The number of rotatable bonds is 5. The molecule has 0 aromatic heterocycles. The normalized spacial score (nSPS) is 18.7. The smallest absolute Gasteiger partial charge is 0.168 e. The highest BCUT2D eigenvalue weighted by Gasteiger charge is 2.40. The molecule has 1 aliphatic rings. The summed E-state index contributed by atoms with van der Waals surface area (Å²) in [5, 5.41) is 3.78. The van der Waals surface area contributed by atoms with Crippen molar-refractivity contribution in [1.29, 1.82) is 0 Å². The predicted octanol–water partition coefficient (Wildman–Crippen LogP) is 4.68. The summed E-state index contributed by atoms with van der Waals surface area (Å²) >= 11 is 6.04. The third-order valence-corrected chi connectivity index (χ3v) is 5.12. The van der Waals surface area contributed by atoms with Gasteiger partial charge in [0.15, 0.2) is 5.78 Å². The number of hydrogen-bond donors (Lipinski definition) is 1. The molecule has 0 fully saturated rings. The Morgan fingerprint density at radius 3 is 2.60 bits per heavy atom. The fraction of sp³-hybridized carbons (Fsp3) is 0.381. The second kappa shape index (κ2) is 7.19. The first-order chi connectivity index (χ1) is 11.9. The molecule has 4 heteroatoms. The number of Topliss-reactive ketones (excluding diaryl/α,β-unsaturated/α-hetero) is 1. The number of fused-ring (bicyclic) bond motifs is 1. The molecule has 3 nitrogen and oxygen atoms in total. The third kappa shape index (κ3) is 3.73. The second-order valence-corrected chi connectivity index (χ2v) is 7.66. The summed E-state index contributed by atoms with van der Waals surface area (Å²) in [6, 6.07) is 13.8. The van der Waals surface area contributed by atoms with Crippen molar-refractivity contribution >= 4 is 17.4 Å². The van der Waals surface area contributed by atoms with Gasteiger partial charge in [0.25, 0.3) is 0 Å². The van der Waals surface area contributed by atoms with E-state index < -0.39 is 5.41 Å². The average molecular weight is 358 g/mol. The maximum atomic E-state index is 13.0. The van der Waals surface area contributed by atoms with E-state index in [0.29, 0.717) is 6.61 Å². The summed E-state index contributed by atoms with van der Waals surface area (Å²) in [5.41, 5.74) is 2.64. The molecule has 0 radical (unpaired) electrons. The molecular weight excluding hydrogens is 334 g/mol. The number of nitrogens with one attached hydrogen (secondary N) is 1. The van der Waals surface area contributed by atoms with Crippen molar-refractivity contribution in [2.45, 2.75) is 26.2 Å². The molecule has 0 saturated heterocycles. The maximum Gasteiger partial charge on any atom is 0.168 e. The summed E-state index contributed by atoms with van der Waals surface area (Å²) in [5.74, 6) is 1.12. The van der Waals surface area contributed by atoms with E-state index in [1.54, 1.807) is 0 Å². The minimum absolute atomic E-state index is 0.186. The van der Waals surface area contributed by atoms with Crippen LogP contribution in [0.25, 0.3) is 0 Å². The van der Waals surface area contributed by atoms with E-state index in [2.05, 4.69) is 17.4 Å². The molecule has 0 bridgehead atoms. The van der Waals surface area contributed by atoms with Crippen LogP contribution in [0.1, 0.15) is 47.7 Å². The molecule has 1 N–H and O–H groups in total. The van der Waals surface area contributed by atoms with Gasteiger partial charge in [-0.1, -0.05) is 43.6 Å². The Labute approximate surface area is 154 Å². The Balaban J connectivity index is 2.00. The van der Waals surface area contributed by atoms with Gasteiger partial charge in [-0.15, -0.1) is 0 Å². The molecule has 0 amide bonds. The van der Waals surface area contributed by atoms with Crippen molar-refractivity contribution in [2.75, 3.05) is 20.2 Å². The highest BCUT2D eigenvalue weighted by Crippen LogP contribution is 2.46. The van der Waals surface area contributed by atoms with E-state index in [1.807, 2.05) is 51.2 Å². The fourth-order valence-electron chi connectivity index (χ4n) is 3.47. The van der Waals surface area contributed by atoms with Gasteiger partial charge in [-0.05, 0) is 48.9 Å². The maximum absolute atomic E-state index is 13.0. The number of likely N-dealkylation sites (N-methyl/N-ethyl adjacent to an activating group) is 1. The molecule has 0 saturated carbocycles. The van der Waals surface area contributed by atoms with Crippen molar-refractivity contribution in [3.8, 4) is 5.75 Å². The summed E-state index contributed by atoms with van der Waals surface area (Å²) in [4.78, 5) is 13.0. The van der Waals surface area contributed by atoms with Crippen molar-refractivity contribution in [3.05, 3.63) is 64.2 Å². The minimum atomic E-state index is -0.402. The van der Waals surface area contributed by atoms with Crippen LogP contribution in [0, 0.1) is 5.41 Å². The second-order valence-electron chi connectivity index (χ2n) is 7.22. The molecule has 1 atom stereocenters. The average Bonchev–Trinajstić information content (AvgIpc) is 2.59. The number of ketones is 1. The van der Waals surface area contributed by atoms with Crippen LogP contribution in [0.2, 0.25) is 5.02 Å². The van der Waals surface area contributed by atoms with E-state index in [0.717, 1.165) is 34.9 Å². The van der Waals surface area contributed by atoms with Crippen LogP contribution in [0.5, 0.6) is 5.75 Å². The van der Waals surface area contributed by atoms with Gasteiger partial charge >= 0.3 is 0 Å². The topological polar surface area (TPSA) is 38.3 Å². The van der Waals surface area contributed by atoms with E-state index in [-0.39, 0.29) is 11.7 Å². The van der Waals surface area contributed by atoms with Crippen LogP contribution >= 0.6 is 11.6 Å². The highest BCUT2D eigenvalue weighted by molar-refractivity contribution is 6.30. The van der Waals surface area contributed by atoms with Gasteiger partial charge in [-0.3, -0.25) is 4.79 Å². The lowest BCUT2D eigenvalue weighted by molar-refractivity contribution is 0.0801. The van der Waals surface area contributed by atoms with Gasteiger partial charge in [0.1, 0.15) is 12.4 Å². The van der Waals surface area contributed by atoms with Crippen LogP contribution in [-0.2, 0) is 0 Å². The SMILES string of the molecule is CNCCOc1ccc2c(c1)C(=O)C(C)(C)CC2c1ccc(Cl)cc1. The molecule has 0 heterocycles. The molecule has 0 spiro atoms. The predicted molar refractivity (Wildman–Crippen MR) is 102 cm³/mol. The number of carbonyl (C=O) groups excluding carboxylic acids is 1. The van der Waals surface area contributed by atoms with E-state index >= 15 is 0 Å². The molecular formula is C21H24ClNO2. The lowest BCUT2D eigenvalue weighted by atomic mass is 9.66. The van der Waals surface area contributed by atoms with Gasteiger partial charge in [0, 0.05) is 28.5 Å². The van der Waals surface area contributed by atoms with Gasteiger partial charge in [0.2, 0.25) is 0 Å². The molecule has 1 aliphatic carbocycles. The van der Waals surface area contributed by atoms with E-state index in [4.69, 9.17) is 16.3 Å². The zero-order valence-corrected chi connectivity index (χ0v) is 15.7. The van der Waals surface area contributed by atoms with E-state index in [9.17, 15) is 4.79 Å². The monoisotopic (exact) mass is 357 g/mol. The van der Waals surface area contributed by atoms with Crippen LogP contribution in [-0.4, -0.2) is 26.0 Å². The molecule has 25 heavy (non-hydrogen) atoms. The molecule has 1 unspecified atom stereocenters. The van der Waals surface area contributed by atoms with E-state index in [1.165, 1.54) is 5.56 Å². The van der Waals surface area contributed by atoms with Gasteiger partial charge < -0.3 is 10.1 Å². The number of carbonyl (C=O) groups is 1. The van der Waals surface area contributed by atoms with Crippen LogP contribution in [0.3, 0.4) is 0 Å². The zero-order valence-electron chi connectivity index (χ0n) is 14.9. The van der Waals surface area contributed by atoms with Gasteiger partial charge in [0.05, 0.1) is 0 Å². The van der Waals surface area contributed by atoms with Crippen molar-refractivity contribution in [3.63, 3.8) is 0 Å². The number of halogens is 1. The molecule has 3 rings (SSSR count). The Morgan fingerprint density at radius 1 is 1.20 bits per heavy atom. The standard InChI is InChI=1S/C21H24ClNO2/c1-21(2)13-19(14-4-6-15(22)7-5-14)17-9-8-16(25-11-10-23-3)12-18(17)20(21)24/h4-9,12,19,23H,10-11,13H2,1-3H3. The first kappa shape index (κ1) is 18.0. The molecule has 2 aromatic rings. The Kier molecular flexibility index (Phi) is 5.16. The van der Waals surface area contributed by atoms with Crippen LogP contribution < -0.4 is 10.1 Å². The number of benzene rings is 2. The quantitative estimate of drug-likeness (QED) is 0.789. The highest BCUT2D eigenvalue weighted by atomic mass is 35.5. The first-order valence-electron chi connectivity index (χ1n) is 8.64. The van der Waals surface area contributed by atoms with Crippen molar-refractivity contribution in [2.24, 2.45) is 5.41 Å². The largest absolute Gasteiger partial charge is 0.492 e. The summed E-state index contributed by atoms with van der Waals surface area (Å²) in [7, 11) is 1.89. The summed E-state index contributed by atoms with van der Waals surface area (Å²) in [6.45, 7) is 5.39. The molecule has 2 aromatic carbocycles. The summed E-state index contributed by atoms with van der Waals surface area (Å²) < 4.78 is 5.75.